The van der Waals surface area contributed by atoms with Crippen LogP contribution in [-0.4, -0.2) is 39.3 Å². The number of hydrogen-bond donors (Lipinski definition) is 1. The van der Waals surface area contributed by atoms with Gasteiger partial charge >= 0.3 is 0 Å². The van der Waals surface area contributed by atoms with Crippen molar-refractivity contribution in [2.45, 2.75) is 26.3 Å². The van der Waals surface area contributed by atoms with Crippen molar-refractivity contribution in [2.24, 2.45) is 0 Å². The highest BCUT2D eigenvalue weighted by atomic mass is 16.5. The van der Waals surface area contributed by atoms with Crippen molar-refractivity contribution in [1.29, 1.82) is 0 Å². The van der Waals surface area contributed by atoms with Gasteiger partial charge in [-0.15, -0.1) is 0 Å². The highest BCUT2D eigenvalue weighted by Crippen LogP contribution is 2.35. The first-order valence-corrected chi connectivity index (χ1v) is 7.61. The second kappa shape index (κ2) is 5.99. The Labute approximate surface area is 140 Å². The standard InChI is InChI=1S/C17H21N5O2/c1-17(2,3)21-15-11-8-13(23-4)14(24-5)9-12(11)19-16(20-15)22-7-6-18-10-22/h6-10H,1-5H3,(H,19,20,21). The van der Waals surface area contributed by atoms with Gasteiger partial charge in [0.15, 0.2) is 11.5 Å². The number of aromatic nitrogens is 4. The van der Waals surface area contributed by atoms with E-state index < -0.39 is 0 Å². The van der Waals surface area contributed by atoms with Crippen LogP contribution in [0.5, 0.6) is 11.5 Å². The van der Waals surface area contributed by atoms with Crippen molar-refractivity contribution in [3.63, 3.8) is 0 Å². The molecule has 0 radical (unpaired) electrons. The molecule has 1 aromatic carbocycles. The van der Waals surface area contributed by atoms with Gasteiger partial charge in [-0.2, -0.15) is 4.98 Å². The molecule has 7 heteroatoms. The Hall–Kier alpha value is -2.83. The van der Waals surface area contributed by atoms with Gasteiger partial charge in [-0.05, 0) is 26.8 Å². The number of nitrogens with one attached hydrogen (secondary N) is 1. The van der Waals surface area contributed by atoms with Crippen molar-refractivity contribution in [2.75, 3.05) is 19.5 Å². The Balaban J connectivity index is 2.27. The molecule has 0 aliphatic carbocycles. The number of ether oxygens (including phenoxy) is 2. The minimum Gasteiger partial charge on any atom is -0.493 e. The van der Waals surface area contributed by atoms with Gasteiger partial charge in [0.2, 0.25) is 5.95 Å². The molecule has 0 atom stereocenters. The Bertz CT molecular complexity index is 854. The first-order chi connectivity index (χ1) is 11.4. The van der Waals surface area contributed by atoms with E-state index in [-0.39, 0.29) is 5.54 Å². The fraction of sp³-hybridized carbons (Fsp3) is 0.353. The number of imidazole rings is 1. The predicted molar refractivity (Wildman–Crippen MR) is 93.1 cm³/mol. The van der Waals surface area contributed by atoms with Crippen LogP contribution < -0.4 is 14.8 Å². The van der Waals surface area contributed by atoms with E-state index in [2.05, 4.69) is 41.0 Å². The summed E-state index contributed by atoms with van der Waals surface area (Å²) < 4.78 is 12.6. The molecule has 3 aromatic rings. The molecule has 0 aliphatic heterocycles. The third kappa shape index (κ3) is 3.10. The monoisotopic (exact) mass is 327 g/mol. The molecule has 0 amide bonds. The quantitative estimate of drug-likeness (QED) is 0.794. The predicted octanol–water partition coefficient (Wildman–Crippen LogP) is 3.04. The summed E-state index contributed by atoms with van der Waals surface area (Å²) in [6.07, 6.45) is 5.17. The van der Waals surface area contributed by atoms with E-state index >= 15 is 0 Å². The molecule has 0 spiro atoms. The molecule has 2 aromatic heterocycles. The fourth-order valence-corrected chi connectivity index (χ4v) is 2.39. The first-order valence-electron chi connectivity index (χ1n) is 7.61. The average molecular weight is 327 g/mol. The van der Waals surface area contributed by atoms with Crippen molar-refractivity contribution < 1.29 is 9.47 Å². The van der Waals surface area contributed by atoms with Gasteiger partial charge in [0.25, 0.3) is 0 Å². The lowest BCUT2D eigenvalue weighted by Gasteiger charge is -2.23. The smallest absolute Gasteiger partial charge is 0.237 e. The van der Waals surface area contributed by atoms with Gasteiger partial charge in [0.05, 0.1) is 19.7 Å². The Morgan fingerprint density at radius 1 is 1.04 bits per heavy atom. The zero-order valence-corrected chi connectivity index (χ0v) is 14.5. The first kappa shape index (κ1) is 16.0. The van der Waals surface area contributed by atoms with Crippen LogP contribution in [0.25, 0.3) is 16.9 Å². The zero-order chi connectivity index (χ0) is 17.3. The highest BCUT2D eigenvalue weighted by Gasteiger charge is 2.18. The van der Waals surface area contributed by atoms with Crippen molar-refractivity contribution in [3.05, 3.63) is 30.9 Å². The fourth-order valence-electron chi connectivity index (χ4n) is 2.39. The molecule has 0 fully saturated rings. The lowest BCUT2D eigenvalue weighted by molar-refractivity contribution is 0.356. The summed E-state index contributed by atoms with van der Waals surface area (Å²) in [4.78, 5) is 13.4. The molecule has 2 heterocycles. The number of fused-ring (bicyclic) bond motifs is 1. The molecule has 0 saturated heterocycles. The molecular weight excluding hydrogens is 306 g/mol. The molecule has 7 nitrogen and oxygen atoms in total. The molecule has 0 aliphatic rings. The number of rotatable bonds is 4. The molecule has 0 saturated carbocycles. The van der Waals surface area contributed by atoms with Gasteiger partial charge in [-0.25, -0.2) is 9.97 Å². The van der Waals surface area contributed by atoms with Crippen LogP contribution in [0.2, 0.25) is 0 Å². The summed E-state index contributed by atoms with van der Waals surface area (Å²) in [5, 5.41) is 4.30. The van der Waals surface area contributed by atoms with Crippen molar-refractivity contribution in [3.8, 4) is 17.4 Å². The SMILES string of the molecule is COc1cc2nc(-n3ccnc3)nc(NC(C)(C)C)c2cc1OC. The third-order valence-electron chi connectivity index (χ3n) is 3.42. The number of benzene rings is 1. The zero-order valence-electron chi connectivity index (χ0n) is 14.5. The minimum absolute atomic E-state index is 0.152. The Kier molecular flexibility index (Phi) is 4.01. The van der Waals surface area contributed by atoms with Crippen molar-refractivity contribution >= 4 is 16.7 Å². The number of hydrogen-bond acceptors (Lipinski definition) is 6. The van der Waals surface area contributed by atoms with Crippen LogP contribution in [0, 0.1) is 0 Å². The Morgan fingerprint density at radius 3 is 2.33 bits per heavy atom. The molecule has 24 heavy (non-hydrogen) atoms. The van der Waals surface area contributed by atoms with Crippen LogP contribution >= 0.6 is 0 Å². The largest absolute Gasteiger partial charge is 0.493 e. The van der Waals surface area contributed by atoms with Crippen LogP contribution in [0.4, 0.5) is 5.82 Å². The summed E-state index contributed by atoms with van der Waals surface area (Å²) in [6, 6.07) is 3.74. The topological polar surface area (TPSA) is 74.1 Å². The summed E-state index contributed by atoms with van der Waals surface area (Å²) in [6.45, 7) is 6.25. The maximum Gasteiger partial charge on any atom is 0.237 e. The lowest BCUT2D eigenvalue weighted by atomic mass is 10.1. The van der Waals surface area contributed by atoms with E-state index in [9.17, 15) is 0 Å². The van der Waals surface area contributed by atoms with Crippen molar-refractivity contribution in [1.82, 2.24) is 19.5 Å². The molecule has 0 bridgehead atoms. The summed E-state index contributed by atoms with van der Waals surface area (Å²) in [7, 11) is 3.22. The van der Waals surface area contributed by atoms with E-state index in [4.69, 9.17) is 9.47 Å². The molecule has 3 rings (SSSR count). The molecular formula is C17H21N5O2. The van der Waals surface area contributed by atoms with E-state index in [0.717, 1.165) is 16.7 Å². The second-order valence-electron chi connectivity index (χ2n) is 6.44. The number of nitrogens with zero attached hydrogens (tertiary/aromatic N) is 4. The van der Waals surface area contributed by atoms with Crippen LogP contribution in [-0.2, 0) is 0 Å². The van der Waals surface area contributed by atoms with Gasteiger partial charge in [0, 0.05) is 29.4 Å². The third-order valence-corrected chi connectivity index (χ3v) is 3.42. The molecule has 0 unspecified atom stereocenters. The normalized spacial score (nSPS) is 11.5. The van der Waals surface area contributed by atoms with E-state index in [1.54, 1.807) is 31.3 Å². The number of methoxy groups -OCH3 is 2. The van der Waals surface area contributed by atoms with E-state index in [0.29, 0.717) is 17.4 Å². The minimum atomic E-state index is -0.152. The van der Waals surface area contributed by atoms with Gasteiger partial charge < -0.3 is 14.8 Å². The van der Waals surface area contributed by atoms with Crippen LogP contribution in [0.3, 0.4) is 0 Å². The van der Waals surface area contributed by atoms with E-state index in [1.165, 1.54) is 0 Å². The maximum atomic E-state index is 5.41. The molecule has 126 valence electrons. The molecule has 1 N–H and O–H groups in total. The Morgan fingerprint density at radius 2 is 1.75 bits per heavy atom. The number of anilines is 1. The maximum absolute atomic E-state index is 5.41. The van der Waals surface area contributed by atoms with Gasteiger partial charge in [-0.1, -0.05) is 0 Å². The van der Waals surface area contributed by atoms with E-state index in [1.807, 2.05) is 18.3 Å². The average Bonchev–Trinajstić information content (AvgIpc) is 3.06. The van der Waals surface area contributed by atoms with Crippen LogP contribution in [0.15, 0.2) is 30.9 Å². The highest BCUT2D eigenvalue weighted by molar-refractivity contribution is 5.92. The summed E-state index contributed by atoms with van der Waals surface area (Å²) >= 11 is 0. The van der Waals surface area contributed by atoms with Crippen LogP contribution in [0.1, 0.15) is 20.8 Å². The van der Waals surface area contributed by atoms with Gasteiger partial charge in [-0.3, -0.25) is 4.57 Å². The van der Waals surface area contributed by atoms with Gasteiger partial charge in [0.1, 0.15) is 12.1 Å². The second-order valence-corrected chi connectivity index (χ2v) is 6.44. The summed E-state index contributed by atoms with van der Waals surface area (Å²) in [5.41, 5.74) is 0.610. The lowest BCUT2D eigenvalue weighted by Crippen LogP contribution is -2.27. The summed E-state index contributed by atoms with van der Waals surface area (Å²) in [5.74, 6) is 2.54.